The molecule has 0 unspecified atom stereocenters. The maximum absolute atomic E-state index is 12.1. The normalized spacial score (nSPS) is 22.8. The number of quaternary nitrogens is 1. The van der Waals surface area contributed by atoms with Crippen molar-refractivity contribution in [2.75, 3.05) is 19.6 Å². The molecule has 1 aliphatic heterocycles. The summed E-state index contributed by atoms with van der Waals surface area (Å²) in [6.07, 6.45) is 1.53. The third-order valence-electron chi connectivity index (χ3n) is 4.23. The highest BCUT2D eigenvalue weighted by molar-refractivity contribution is 6.30. The van der Waals surface area contributed by atoms with E-state index in [9.17, 15) is 9.59 Å². The first-order valence-electron chi connectivity index (χ1n) is 7.63. The SMILES string of the molecule is C[C@H](NC(=O)C[NH+]1CCC(C(N)=O)CC1)c1cccc(Cl)c1. The molecule has 1 aromatic rings. The molecule has 1 aliphatic rings. The number of hydrogen-bond acceptors (Lipinski definition) is 2. The number of rotatable bonds is 5. The van der Waals surface area contributed by atoms with Crippen LogP contribution in [0.15, 0.2) is 24.3 Å². The summed E-state index contributed by atoms with van der Waals surface area (Å²) in [6.45, 7) is 3.99. The Labute approximate surface area is 135 Å². The summed E-state index contributed by atoms with van der Waals surface area (Å²) in [7, 11) is 0. The highest BCUT2D eigenvalue weighted by atomic mass is 35.5. The van der Waals surface area contributed by atoms with E-state index in [-0.39, 0.29) is 23.8 Å². The lowest BCUT2D eigenvalue weighted by Crippen LogP contribution is -3.14. The van der Waals surface area contributed by atoms with E-state index in [0.29, 0.717) is 11.6 Å². The summed E-state index contributed by atoms with van der Waals surface area (Å²) in [6, 6.07) is 7.42. The van der Waals surface area contributed by atoms with Gasteiger partial charge in [0.15, 0.2) is 6.54 Å². The Bertz CT molecular complexity index is 542. The number of amides is 2. The molecule has 2 rings (SSSR count). The maximum Gasteiger partial charge on any atom is 0.275 e. The molecule has 6 heteroatoms. The van der Waals surface area contributed by atoms with E-state index >= 15 is 0 Å². The van der Waals surface area contributed by atoms with E-state index in [4.69, 9.17) is 17.3 Å². The number of halogens is 1. The van der Waals surface area contributed by atoms with Crippen LogP contribution in [0.1, 0.15) is 31.4 Å². The number of nitrogens with two attached hydrogens (primary N) is 1. The number of nitrogens with one attached hydrogen (secondary N) is 2. The first-order valence-corrected chi connectivity index (χ1v) is 8.01. The highest BCUT2D eigenvalue weighted by Crippen LogP contribution is 2.17. The minimum absolute atomic E-state index is 0.0139. The fraction of sp³-hybridized carbons (Fsp3) is 0.500. The zero-order chi connectivity index (χ0) is 16.1. The quantitative estimate of drug-likeness (QED) is 0.728. The first kappa shape index (κ1) is 16.8. The van der Waals surface area contributed by atoms with Gasteiger partial charge in [0.1, 0.15) is 0 Å². The van der Waals surface area contributed by atoms with E-state index in [1.807, 2.05) is 31.2 Å². The average Bonchev–Trinajstić information content (AvgIpc) is 2.47. The summed E-state index contributed by atoms with van der Waals surface area (Å²) in [5.41, 5.74) is 6.31. The molecule has 0 bridgehead atoms. The third kappa shape index (κ3) is 4.71. The van der Waals surface area contributed by atoms with Crippen molar-refractivity contribution in [2.24, 2.45) is 11.7 Å². The second-order valence-electron chi connectivity index (χ2n) is 5.95. The highest BCUT2D eigenvalue weighted by Gasteiger charge is 2.27. The van der Waals surface area contributed by atoms with Crippen molar-refractivity contribution in [2.45, 2.75) is 25.8 Å². The van der Waals surface area contributed by atoms with Gasteiger partial charge in [-0.3, -0.25) is 9.59 Å². The summed E-state index contributed by atoms with van der Waals surface area (Å²) < 4.78 is 0. The van der Waals surface area contributed by atoms with Gasteiger partial charge < -0.3 is 16.0 Å². The number of carbonyl (C=O) groups is 2. The van der Waals surface area contributed by atoms with Crippen LogP contribution in [-0.2, 0) is 9.59 Å². The molecular weight excluding hydrogens is 302 g/mol. The summed E-state index contributed by atoms with van der Waals surface area (Å²) in [5.74, 6) is -0.240. The van der Waals surface area contributed by atoms with Crippen LogP contribution in [0.25, 0.3) is 0 Å². The minimum atomic E-state index is -0.224. The van der Waals surface area contributed by atoms with E-state index in [2.05, 4.69) is 5.32 Å². The third-order valence-corrected chi connectivity index (χ3v) is 4.47. The van der Waals surface area contributed by atoms with Crippen LogP contribution in [-0.4, -0.2) is 31.4 Å². The molecule has 2 amide bonds. The van der Waals surface area contributed by atoms with Gasteiger partial charge in [-0.05, 0) is 24.6 Å². The molecule has 0 aliphatic carbocycles. The Morgan fingerprint density at radius 2 is 2.09 bits per heavy atom. The predicted molar refractivity (Wildman–Crippen MR) is 85.5 cm³/mol. The average molecular weight is 325 g/mol. The lowest BCUT2D eigenvalue weighted by molar-refractivity contribution is -0.897. The Balaban J connectivity index is 1.80. The molecule has 1 heterocycles. The van der Waals surface area contributed by atoms with Gasteiger partial charge in [0.05, 0.1) is 19.1 Å². The standard InChI is InChI=1S/C16H22ClN3O2/c1-11(13-3-2-4-14(17)9-13)19-15(21)10-20-7-5-12(6-8-20)16(18)22/h2-4,9,11-12H,5-8,10H2,1H3,(H2,18,22)(H,19,21)/p+1/t11-/m0/s1. The maximum atomic E-state index is 12.1. The summed E-state index contributed by atoms with van der Waals surface area (Å²) in [4.78, 5) is 24.5. The number of likely N-dealkylation sites (tertiary alicyclic amines) is 1. The lowest BCUT2D eigenvalue weighted by Gasteiger charge is -2.27. The minimum Gasteiger partial charge on any atom is -0.369 e. The van der Waals surface area contributed by atoms with Gasteiger partial charge in [0.2, 0.25) is 5.91 Å². The molecule has 0 saturated carbocycles. The molecule has 0 aromatic heterocycles. The summed E-state index contributed by atoms with van der Waals surface area (Å²) >= 11 is 5.97. The van der Waals surface area contributed by atoms with Gasteiger partial charge in [0, 0.05) is 23.8 Å². The van der Waals surface area contributed by atoms with Crippen molar-refractivity contribution < 1.29 is 14.5 Å². The molecule has 1 saturated heterocycles. The van der Waals surface area contributed by atoms with E-state index in [0.717, 1.165) is 31.5 Å². The van der Waals surface area contributed by atoms with Crippen LogP contribution in [0.5, 0.6) is 0 Å². The number of carbonyl (C=O) groups excluding carboxylic acids is 2. The van der Waals surface area contributed by atoms with Crippen LogP contribution < -0.4 is 16.0 Å². The second-order valence-corrected chi connectivity index (χ2v) is 6.38. The van der Waals surface area contributed by atoms with E-state index in [1.165, 1.54) is 4.90 Å². The predicted octanol–water partition coefficient (Wildman–Crippen LogP) is 0.297. The van der Waals surface area contributed by atoms with Crippen LogP contribution in [0.2, 0.25) is 5.02 Å². The number of benzene rings is 1. The Morgan fingerprint density at radius 3 is 2.68 bits per heavy atom. The van der Waals surface area contributed by atoms with Crippen LogP contribution >= 0.6 is 11.6 Å². The smallest absolute Gasteiger partial charge is 0.275 e. The molecule has 0 spiro atoms. The van der Waals surface area contributed by atoms with Crippen molar-refractivity contribution in [1.29, 1.82) is 0 Å². The van der Waals surface area contributed by atoms with Crippen LogP contribution in [0.3, 0.4) is 0 Å². The van der Waals surface area contributed by atoms with Crippen molar-refractivity contribution in [3.8, 4) is 0 Å². The van der Waals surface area contributed by atoms with E-state index < -0.39 is 0 Å². The number of piperidine rings is 1. The van der Waals surface area contributed by atoms with Gasteiger partial charge in [0.25, 0.3) is 5.91 Å². The zero-order valence-corrected chi connectivity index (χ0v) is 13.5. The Hall–Kier alpha value is -1.59. The molecule has 0 radical (unpaired) electrons. The largest absolute Gasteiger partial charge is 0.369 e. The molecule has 4 N–H and O–H groups in total. The van der Waals surface area contributed by atoms with Gasteiger partial charge >= 0.3 is 0 Å². The van der Waals surface area contributed by atoms with Crippen molar-refractivity contribution >= 4 is 23.4 Å². The zero-order valence-electron chi connectivity index (χ0n) is 12.8. The monoisotopic (exact) mass is 324 g/mol. The van der Waals surface area contributed by atoms with Gasteiger partial charge in [-0.25, -0.2) is 0 Å². The molecular formula is C16H23ClN3O2+. The van der Waals surface area contributed by atoms with Crippen molar-refractivity contribution in [3.63, 3.8) is 0 Å². The Morgan fingerprint density at radius 1 is 1.41 bits per heavy atom. The summed E-state index contributed by atoms with van der Waals surface area (Å²) in [5, 5.41) is 3.66. The second kappa shape index (κ2) is 7.61. The molecule has 22 heavy (non-hydrogen) atoms. The fourth-order valence-electron chi connectivity index (χ4n) is 2.87. The first-order chi connectivity index (χ1) is 10.5. The lowest BCUT2D eigenvalue weighted by atomic mass is 9.96. The number of primary amides is 1. The van der Waals surface area contributed by atoms with Gasteiger partial charge in [-0.15, -0.1) is 0 Å². The van der Waals surface area contributed by atoms with Crippen LogP contribution in [0, 0.1) is 5.92 Å². The van der Waals surface area contributed by atoms with Crippen molar-refractivity contribution in [1.82, 2.24) is 5.32 Å². The molecule has 120 valence electrons. The fourth-order valence-corrected chi connectivity index (χ4v) is 3.06. The molecule has 1 fully saturated rings. The topological polar surface area (TPSA) is 76.6 Å². The molecule has 5 nitrogen and oxygen atoms in total. The molecule has 1 atom stereocenters. The van der Waals surface area contributed by atoms with E-state index in [1.54, 1.807) is 0 Å². The molecule has 1 aromatic carbocycles. The van der Waals surface area contributed by atoms with Gasteiger partial charge in [-0.1, -0.05) is 23.7 Å². The van der Waals surface area contributed by atoms with Gasteiger partial charge in [-0.2, -0.15) is 0 Å². The number of hydrogen-bond donors (Lipinski definition) is 3. The Kier molecular flexibility index (Phi) is 5.80. The van der Waals surface area contributed by atoms with Crippen molar-refractivity contribution in [3.05, 3.63) is 34.9 Å². The van der Waals surface area contributed by atoms with Crippen LogP contribution in [0.4, 0.5) is 0 Å².